The van der Waals surface area contributed by atoms with E-state index in [0.717, 1.165) is 18.4 Å². The van der Waals surface area contributed by atoms with Crippen molar-refractivity contribution in [2.24, 2.45) is 0 Å². The summed E-state index contributed by atoms with van der Waals surface area (Å²) in [7, 11) is 1.54. The molecule has 132 valence electrons. The summed E-state index contributed by atoms with van der Waals surface area (Å²) in [5, 5.41) is 5.96. The smallest absolute Gasteiger partial charge is 0.407 e. The Labute approximate surface area is 146 Å². The highest BCUT2D eigenvalue weighted by Gasteiger charge is 2.31. The number of nitrogens with one attached hydrogen (secondary N) is 2. The normalized spacial score (nSPS) is 18.8. The van der Waals surface area contributed by atoms with Crippen LogP contribution in [0.25, 0.3) is 0 Å². The summed E-state index contributed by atoms with van der Waals surface area (Å²) >= 11 is 0. The minimum Gasteiger partial charge on any atom is -0.497 e. The van der Waals surface area contributed by atoms with Crippen LogP contribution in [0.4, 0.5) is 14.9 Å². The molecule has 5 nitrogen and oxygen atoms in total. The molecule has 0 aromatic heterocycles. The summed E-state index contributed by atoms with van der Waals surface area (Å²) in [6.07, 6.45) is 1.01. The zero-order chi connectivity index (χ0) is 17.6. The number of anilines is 1. The van der Waals surface area contributed by atoms with Crippen molar-refractivity contribution in [3.05, 3.63) is 59.9 Å². The molecule has 0 spiro atoms. The molecule has 1 amide bonds. The van der Waals surface area contributed by atoms with Crippen molar-refractivity contribution >= 4 is 11.8 Å². The van der Waals surface area contributed by atoms with Gasteiger partial charge >= 0.3 is 6.09 Å². The van der Waals surface area contributed by atoms with Gasteiger partial charge in [-0.3, -0.25) is 0 Å². The van der Waals surface area contributed by atoms with Gasteiger partial charge in [-0.05, 0) is 30.5 Å². The van der Waals surface area contributed by atoms with Gasteiger partial charge in [-0.25, -0.2) is 9.18 Å². The zero-order valence-corrected chi connectivity index (χ0v) is 14.0. The van der Waals surface area contributed by atoms with Gasteiger partial charge in [0.25, 0.3) is 0 Å². The first-order valence-electron chi connectivity index (χ1n) is 8.21. The van der Waals surface area contributed by atoms with Crippen LogP contribution in [0.15, 0.2) is 48.5 Å². The molecule has 1 fully saturated rings. The summed E-state index contributed by atoms with van der Waals surface area (Å²) in [5.74, 6) is 0.280. The van der Waals surface area contributed by atoms with Crippen molar-refractivity contribution in [1.82, 2.24) is 5.32 Å². The Balaban J connectivity index is 1.40. The first kappa shape index (κ1) is 17.1. The lowest BCUT2D eigenvalue weighted by Crippen LogP contribution is -2.49. The maximum Gasteiger partial charge on any atom is 0.407 e. The van der Waals surface area contributed by atoms with Crippen LogP contribution in [-0.2, 0) is 11.3 Å². The summed E-state index contributed by atoms with van der Waals surface area (Å²) in [5.41, 5.74) is 1.36. The molecule has 25 heavy (non-hydrogen) atoms. The second-order valence-electron chi connectivity index (χ2n) is 6.06. The molecule has 0 radical (unpaired) electrons. The molecule has 1 aliphatic carbocycles. The highest BCUT2D eigenvalue weighted by Crippen LogP contribution is 2.28. The standard InChI is InChI=1S/C19H21FN2O3/c1-24-16-7-8-17(20)18(11-16)21-14-9-15(10-14)22-19(23)25-12-13-5-3-2-4-6-13/h2-8,11,14-15,21H,9-10,12H2,1H3,(H,22,23). The monoisotopic (exact) mass is 344 g/mol. The van der Waals surface area contributed by atoms with E-state index in [1.165, 1.54) is 6.07 Å². The number of benzene rings is 2. The van der Waals surface area contributed by atoms with E-state index in [1.807, 2.05) is 30.3 Å². The minimum absolute atomic E-state index is 0.0365. The fourth-order valence-corrected chi connectivity index (χ4v) is 2.75. The van der Waals surface area contributed by atoms with Gasteiger partial charge < -0.3 is 20.1 Å². The molecule has 0 atom stereocenters. The van der Waals surface area contributed by atoms with Crippen LogP contribution in [0.1, 0.15) is 18.4 Å². The second kappa shape index (κ2) is 7.88. The lowest BCUT2D eigenvalue weighted by Gasteiger charge is -2.36. The van der Waals surface area contributed by atoms with Crippen LogP contribution in [0.5, 0.6) is 5.75 Å². The van der Waals surface area contributed by atoms with E-state index in [2.05, 4.69) is 10.6 Å². The quantitative estimate of drug-likeness (QED) is 0.839. The average Bonchev–Trinajstić information content (AvgIpc) is 2.60. The maximum absolute atomic E-state index is 13.8. The number of rotatable bonds is 6. The first-order chi connectivity index (χ1) is 12.1. The number of amides is 1. The van der Waals surface area contributed by atoms with Crippen molar-refractivity contribution in [1.29, 1.82) is 0 Å². The van der Waals surface area contributed by atoms with Crippen molar-refractivity contribution in [3.63, 3.8) is 0 Å². The fourth-order valence-electron chi connectivity index (χ4n) is 2.75. The molecule has 0 saturated heterocycles. The van der Waals surface area contributed by atoms with Gasteiger partial charge in [0.15, 0.2) is 0 Å². The largest absolute Gasteiger partial charge is 0.497 e. The Morgan fingerprint density at radius 2 is 1.92 bits per heavy atom. The predicted octanol–water partition coefficient (Wildman–Crippen LogP) is 3.70. The van der Waals surface area contributed by atoms with E-state index in [0.29, 0.717) is 11.4 Å². The van der Waals surface area contributed by atoms with Crippen LogP contribution in [0, 0.1) is 5.82 Å². The minimum atomic E-state index is -0.431. The molecule has 1 saturated carbocycles. The molecular weight excluding hydrogens is 323 g/mol. The summed E-state index contributed by atoms with van der Waals surface area (Å²) in [4.78, 5) is 11.8. The zero-order valence-electron chi connectivity index (χ0n) is 14.0. The molecule has 2 aromatic rings. The fraction of sp³-hybridized carbons (Fsp3) is 0.316. The Morgan fingerprint density at radius 1 is 1.16 bits per heavy atom. The number of hydrogen-bond donors (Lipinski definition) is 2. The number of methoxy groups -OCH3 is 1. The van der Waals surface area contributed by atoms with Crippen LogP contribution in [0.2, 0.25) is 0 Å². The molecule has 0 bridgehead atoms. The third-order valence-electron chi connectivity index (χ3n) is 4.21. The molecule has 0 heterocycles. The van der Waals surface area contributed by atoms with Crippen molar-refractivity contribution in [2.45, 2.75) is 31.5 Å². The van der Waals surface area contributed by atoms with Crippen LogP contribution in [-0.4, -0.2) is 25.3 Å². The molecule has 2 N–H and O–H groups in total. The number of halogens is 1. The maximum atomic E-state index is 13.8. The van der Waals surface area contributed by atoms with Crippen molar-refractivity contribution < 1.29 is 18.7 Å². The van der Waals surface area contributed by atoms with Crippen molar-refractivity contribution in [3.8, 4) is 5.75 Å². The number of carbonyl (C=O) groups is 1. The van der Waals surface area contributed by atoms with E-state index < -0.39 is 6.09 Å². The molecule has 0 aliphatic heterocycles. The summed E-state index contributed by atoms with van der Waals surface area (Å²) in [6.45, 7) is 0.246. The van der Waals surface area contributed by atoms with Gasteiger partial charge in [-0.1, -0.05) is 30.3 Å². The van der Waals surface area contributed by atoms with E-state index in [1.54, 1.807) is 19.2 Å². The third-order valence-corrected chi connectivity index (χ3v) is 4.21. The average molecular weight is 344 g/mol. The van der Waals surface area contributed by atoms with Crippen LogP contribution in [0.3, 0.4) is 0 Å². The van der Waals surface area contributed by atoms with Gasteiger partial charge in [0.05, 0.1) is 12.8 Å². The molecule has 1 aliphatic rings. The van der Waals surface area contributed by atoms with E-state index in [4.69, 9.17) is 9.47 Å². The van der Waals surface area contributed by atoms with Gasteiger partial charge in [0, 0.05) is 18.2 Å². The Hall–Kier alpha value is -2.76. The molecule has 6 heteroatoms. The Morgan fingerprint density at radius 3 is 2.64 bits per heavy atom. The van der Waals surface area contributed by atoms with Crippen LogP contribution >= 0.6 is 0 Å². The first-order valence-corrected chi connectivity index (χ1v) is 8.21. The van der Waals surface area contributed by atoms with Gasteiger partial charge in [0.1, 0.15) is 18.2 Å². The number of alkyl carbamates (subject to hydrolysis) is 1. The van der Waals surface area contributed by atoms with Gasteiger partial charge in [-0.2, -0.15) is 0 Å². The SMILES string of the molecule is COc1ccc(F)c(NC2CC(NC(=O)OCc3ccccc3)C2)c1. The Bertz CT molecular complexity index is 718. The molecule has 3 rings (SSSR count). The second-order valence-corrected chi connectivity index (χ2v) is 6.06. The number of hydrogen-bond acceptors (Lipinski definition) is 4. The van der Waals surface area contributed by atoms with E-state index in [9.17, 15) is 9.18 Å². The highest BCUT2D eigenvalue weighted by molar-refractivity contribution is 5.68. The van der Waals surface area contributed by atoms with E-state index in [-0.39, 0.29) is 24.5 Å². The molecule has 0 unspecified atom stereocenters. The van der Waals surface area contributed by atoms with Gasteiger partial charge in [-0.15, -0.1) is 0 Å². The molecule has 2 aromatic carbocycles. The number of carbonyl (C=O) groups excluding carboxylic acids is 1. The summed E-state index contributed by atoms with van der Waals surface area (Å²) in [6, 6.07) is 14.2. The lowest BCUT2D eigenvalue weighted by molar-refractivity contribution is 0.129. The topological polar surface area (TPSA) is 59.6 Å². The van der Waals surface area contributed by atoms with Crippen molar-refractivity contribution in [2.75, 3.05) is 12.4 Å². The van der Waals surface area contributed by atoms with E-state index >= 15 is 0 Å². The van der Waals surface area contributed by atoms with Gasteiger partial charge in [0.2, 0.25) is 0 Å². The number of ether oxygens (including phenoxy) is 2. The molecular formula is C19H21FN2O3. The lowest BCUT2D eigenvalue weighted by atomic mass is 9.86. The highest BCUT2D eigenvalue weighted by atomic mass is 19.1. The third kappa shape index (κ3) is 4.62. The summed E-state index contributed by atoms with van der Waals surface area (Å²) < 4.78 is 24.1. The van der Waals surface area contributed by atoms with Crippen LogP contribution < -0.4 is 15.4 Å². The Kier molecular flexibility index (Phi) is 5.38. The predicted molar refractivity (Wildman–Crippen MR) is 93.1 cm³/mol.